The first kappa shape index (κ1) is 16.8. The van der Waals surface area contributed by atoms with Crippen LogP contribution in [0.25, 0.3) is 0 Å². The Kier molecular flexibility index (Phi) is 6.48. The van der Waals surface area contributed by atoms with Crippen molar-refractivity contribution in [3.05, 3.63) is 23.8 Å². The molecule has 0 aliphatic carbocycles. The van der Waals surface area contributed by atoms with E-state index in [9.17, 15) is 9.59 Å². The Morgan fingerprint density at radius 3 is 2.52 bits per heavy atom. The van der Waals surface area contributed by atoms with Gasteiger partial charge in [-0.25, -0.2) is 4.79 Å². The van der Waals surface area contributed by atoms with Gasteiger partial charge in [-0.1, -0.05) is 6.07 Å². The number of carbonyl (C=O) groups excluding carboxylic acids is 1. The van der Waals surface area contributed by atoms with Gasteiger partial charge in [-0.15, -0.1) is 0 Å². The molecule has 1 amide bonds. The van der Waals surface area contributed by atoms with Crippen molar-refractivity contribution in [3.63, 3.8) is 0 Å². The zero-order valence-corrected chi connectivity index (χ0v) is 12.0. The molecular formula is C14H19NO6. The quantitative estimate of drug-likeness (QED) is 0.633. The van der Waals surface area contributed by atoms with Gasteiger partial charge in [-0.3, -0.25) is 4.79 Å². The molecule has 21 heavy (non-hydrogen) atoms. The van der Waals surface area contributed by atoms with E-state index in [2.05, 4.69) is 5.32 Å². The summed E-state index contributed by atoms with van der Waals surface area (Å²) in [6.07, 6.45) is -0.0663. The third-order valence-electron chi connectivity index (χ3n) is 2.90. The molecule has 0 unspecified atom stereocenters. The van der Waals surface area contributed by atoms with E-state index in [1.807, 2.05) is 0 Å². The number of aliphatic hydroxyl groups is 1. The van der Waals surface area contributed by atoms with Crippen LogP contribution in [0.1, 0.15) is 12.0 Å². The lowest BCUT2D eigenvalue weighted by Gasteiger charge is -2.14. The first-order valence-corrected chi connectivity index (χ1v) is 6.35. The normalized spacial score (nSPS) is 11.6. The summed E-state index contributed by atoms with van der Waals surface area (Å²) in [5.74, 6) is -0.559. The van der Waals surface area contributed by atoms with Crippen LogP contribution in [0.15, 0.2) is 18.2 Å². The molecule has 0 aliphatic rings. The molecule has 1 rings (SSSR count). The van der Waals surface area contributed by atoms with Crippen LogP contribution in [-0.4, -0.2) is 49.0 Å². The molecule has 7 nitrogen and oxygen atoms in total. The number of methoxy groups -OCH3 is 2. The van der Waals surface area contributed by atoms with Crippen molar-refractivity contribution in [1.82, 2.24) is 5.32 Å². The zero-order chi connectivity index (χ0) is 15.8. The second-order valence-electron chi connectivity index (χ2n) is 4.33. The highest BCUT2D eigenvalue weighted by Gasteiger charge is 2.20. The summed E-state index contributed by atoms with van der Waals surface area (Å²) in [5, 5.41) is 20.1. The minimum atomic E-state index is -1.18. The van der Waals surface area contributed by atoms with Crippen LogP contribution >= 0.6 is 0 Å². The van der Waals surface area contributed by atoms with E-state index in [1.54, 1.807) is 18.2 Å². The molecule has 1 aromatic rings. The predicted octanol–water partition coefficient (Wildman–Crippen LogP) is 0.198. The maximum absolute atomic E-state index is 11.9. The van der Waals surface area contributed by atoms with Crippen LogP contribution in [0, 0.1) is 0 Å². The molecule has 0 spiro atoms. The van der Waals surface area contributed by atoms with Crippen LogP contribution in [0.5, 0.6) is 11.5 Å². The second kappa shape index (κ2) is 8.11. The fraction of sp³-hybridized carbons (Fsp3) is 0.429. The van der Waals surface area contributed by atoms with E-state index >= 15 is 0 Å². The minimum absolute atomic E-state index is 0.0254. The maximum Gasteiger partial charge on any atom is 0.326 e. The number of aliphatic hydroxyl groups excluding tert-OH is 1. The first-order chi connectivity index (χ1) is 10.0. The van der Waals surface area contributed by atoms with Crippen molar-refractivity contribution in [3.8, 4) is 11.5 Å². The third kappa shape index (κ3) is 4.96. The van der Waals surface area contributed by atoms with Gasteiger partial charge in [0.25, 0.3) is 0 Å². The number of ether oxygens (including phenoxy) is 2. The molecule has 0 aromatic heterocycles. The number of benzene rings is 1. The van der Waals surface area contributed by atoms with E-state index < -0.39 is 17.9 Å². The smallest absolute Gasteiger partial charge is 0.326 e. The number of amides is 1. The number of hydrogen-bond donors (Lipinski definition) is 3. The van der Waals surface area contributed by atoms with Crippen molar-refractivity contribution >= 4 is 11.9 Å². The summed E-state index contributed by atoms with van der Waals surface area (Å²) >= 11 is 0. The molecule has 7 heteroatoms. The lowest BCUT2D eigenvalue weighted by molar-refractivity contribution is -0.142. The van der Waals surface area contributed by atoms with Gasteiger partial charge in [0.2, 0.25) is 5.91 Å². The molecule has 0 bridgehead atoms. The molecule has 1 aromatic carbocycles. The Balaban J connectivity index is 2.76. The molecular weight excluding hydrogens is 278 g/mol. The molecule has 3 N–H and O–H groups in total. The number of carboxylic acids is 1. The fourth-order valence-corrected chi connectivity index (χ4v) is 1.80. The molecule has 0 fully saturated rings. The summed E-state index contributed by atoms with van der Waals surface area (Å²) in [7, 11) is 3.00. The van der Waals surface area contributed by atoms with Crippen molar-refractivity contribution in [2.75, 3.05) is 20.8 Å². The van der Waals surface area contributed by atoms with Crippen molar-refractivity contribution in [1.29, 1.82) is 0 Å². The summed E-state index contributed by atoms with van der Waals surface area (Å²) < 4.78 is 10.2. The number of carboxylic acid groups (broad SMARTS) is 1. The average Bonchev–Trinajstić information content (AvgIpc) is 2.47. The molecule has 0 radical (unpaired) electrons. The molecule has 0 saturated carbocycles. The summed E-state index contributed by atoms with van der Waals surface area (Å²) in [4.78, 5) is 22.8. The average molecular weight is 297 g/mol. The monoisotopic (exact) mass is 297 g/mol. The Hall–Kier alpha value is -2.28. The molecule has 0 saturated heterocycles. The zero-order valence-electron chi connectivity index (χ0n) is 12.0. The van der Waals surface area contributed by atoms with Crippen LogP contribution in [-0.2, 0) is 16.0 Å². The highest BCUT2D eigenvalue weighted by atomic mass is 16.5. The topological polar surface area (TPSA) is 105 Å². The highest BCUT2D eigenvalue weighted by molar-refractivity contribution is 5.85. The van der Waals surface area contributed by atoms with Gasteiger partial charge in [0.1, 0.15) is 17.5 Å². The van der Waals surface area contributed by atoms with E-state index in [-0.39, 0.29) is 19.4 Å². The third-order valence-corrected chi connectivity index (χ3v) is 2.90. The molecule has 1 atom stereocenters. The van der Waals surface area contributed by atoms with E-state index in [1.165, 1.54) is 14.2 Å². The van der Waals surface area contributed by atoms with Gasteiger partial charge >= 0.3 is 5.97 Å². The Morgan fingerprint density at radius 1 is 1.29 bits per heavy atom. The van der Waals surface area contributed by atoms with E-state index in [0.717, 1.165) is 0 Å². The van der Waals surface area contributed by atoms with Gasteiger partial charge in [-0.05, 0) is 6.07 Å². The highest BCUT2D eigenvalue weighted by Crippen LogP contribution is 2.24. The van der Waals surface area contributed by atoms with Gasteiger partial charge in [0.15, 0.2) is 0 Å². The van der Waals surface area contributed by atoms with Crippen LogP contribution < -0.4 is 14.8 Å². The van der Waals surface area contributed by atoms with E-state index in [4.69, 9.17) is 19.7 Å². The van der Waals surface area contributed by atoms with Gasteiger partial charge in [0.05, 0.1) is 20.6 Å². The lowest BCUT2D eigenvalue weighted by atomic mass is 10.1. The summed E-state index contributed by atoms with van der Waals surface area (Å²) in [5.41, 5.74) is 0.615. The molecule has 116 valence electrons. The maximum atomic E-state index is 11.9. The molecule has 0 heterocycles. The van der Waals surface area contributed by atoms with Gasteiger partial charge in [0, 0.05) is 24.7 Å². The predicted molar refractivity (Wildman–Crippen MR) is 74.5 cm³/mol. The number of rotatable bonds is 8. The summed E-state index contributed by atoms with van der Waals surface area (Å²) in [6, 6.07) is 3.91. The van der Waals surface area contributed by atoms with Gasteiger partial charge < -0.3 is 25.0 Å². The number of hydrogen-bond acceptors (Lipinski definition) is 5. The van der Waals surface area contributed by atoms with Crippen LogP contribution in [0.2, 0.25) is 0 Å². The largest absolute Gasteiger partial charge is 0.497 e. The van der Waals surface area contributed by atoms with Crippen LogP contribution in [0.3, 0.4) is 0 Å². The SMILES string of the molecule is COc1ccc(CC(=O)N[C@@H](CCO)C(=O)O)c(OC)c1. The lowest BCUT2D eigenvalue weighted by Crippen LogP contribution is -2.42. The fourth-order valence-electron chi connectivity index (χ4n) is 1.80. The molecule has 0 aliphatic heterocycles. The van der Waals surface area contributed by atoms with Crippen LogP contribution in [0.4, 0.5) is 0 Å². The number of carbonyl (C=O) groups is 2. The van der Waals surface area contributed by atoms with Crippen molar-refractivity contribution in [2.45, 2.75) is 18.9 Å². The standard InChI is InChI=1S/C14H19NO6/c1-20-10-4-3-9(12(8-10)21-2)7-13(17)15-11(5-6-16)14(18)19/h3-4,8,11,16H,5-7H2,1-2H3,(H,15,17)(H,18,19)/t11-/m0/s1. The number of aliphatic carboxylic acids is 1. The van der Waals surface area contributed by atoms with Crippen molar-refractivity contribution < 1.29 is 29.3 Å². The number of nitrogens with one attached hydrogen (secondary N) is 1. The Bertz CT molecular complexity index is 502. The van der Waals surface area contributed by atoms with Crippen molar-refractivity contribution in [2.24, 2.45) is 0 Å². The first-order valence-electron chi connectivity index (χ1n) is 6.35. The Morgan fingerprint density at radius 2 is 2.00 bits per heavy atom. The second-order valence-corrected chi connectivity index (χ2v) is 4.33. The minimum Gasteiger partial charge on any atom is -0.497 e. The Labute approximate surface area is 122 Å². The van der Waals surface area contributed by atoms with Gasteiger partial charge in [-0.2, -0.15) is 0 Å². The van der Waals surface area contributed by atoms with E-state index in [0.29, 0.717) is 17.1 Å². The summed E-state index contributed by atoms with van der Waals surface area (Å²) in [6.45, 7) is -0.316.